The summed E-state index contributed by atoms with van der Waals surface area (Å²) in [4.78, 5) is 4.22. The number of hydrogen-bond acceptors (Lipinski definition) is 2. The molecule has 1 aromatic heterocycles. The van der Waals surface area contributed by atoms with Gasteiger partial charge in [0.25, 0.3) is 0 Å². The Kier molecular flexibility index (Phi) is 2.82. The molecule has 0 spiro atoms. The Hall–Kier alpha value is -0.890. The van der Waals surface area contributed by atoms with E-state index in [-0.39, 0.29) is 0 Å². The monoisotopic (exact) mass is 190 g/mol. The highest BCUT2D eigenvalue weighted by atomic mass is 14.9. The van der Waals surface area contributed by atoms with Crippen molar-refractivity contribution in [2.24, 2.45) is 0 Å². The van der Waals surface area contributed by atoms with Gasteiger partial charge in [0.15, 0.2) is 0 Å². The zero-order chi connectivity index (χ0) is 9.97. The van der Waals surface area contributed by atoms with E-state index in [4.69, 9.17) is 0 Å². The second-order valence-corrected chi connectivity index (χ2v) is 4.35. The van der Waals surface area contributed by atoms with Gasteiger partial charge in [-0.05, 0) is 42.0 Å². The van der Waals surface area contributed by atoms with Crippen molar-refractivity contribution in [2.75, 3.05) is 13.1 Å². The predicted molar refractivity (Wildman–Crippen MR) is 58.6 cm³/mol. The maximum Gasteiger partial charge on any atom is 0.0305 e. The van der Waals surface area contributed by atoms with Gasteiger partial charge in [0.1, 0.15) is 0 Å². The fourth-order valence-corrected chi connectivity index (χ4v) is 2.19. The van der Waals surface area contributed by atoms with E-state index in [0.29, 0.717) is 11.8 Å². The van der Waals surface area contributed by atoms with Crippen molar-refractivity contribution in [3.05, 3.63) is 29.6 Å². The normalized spacial score (nSPS) is 21.8. The van der Waals surface area contributed by atoms with Crippen LogP contribution in [0.5, 0.6) is 0 Å². The molecule has 1 atom stereocenters. The Morgan fingerprint density at radius 1 is 1.50 bits per heavy atom. The van der Waals surface area contributed by atoms with E-state index < -0.39 is 0 Å². The highest BCUT2D eigenvalue weighted by Gasteiger charge is 2.20. The number of aromatic nitrogens is 1. The summed E-state index contributed by atoms with van der Waals surface area (Å²) in [7, 11) is 0. The highest BCUT2D eigenvalue weighted by Crippen LogP contribution is 2.28. The Morgan fingerprint density at radius 3 is 3.00 bits per heavy atom. The molecule has 0 bridgehead atoms. The lowest BCUT2D eigenvalue weighted by Gasteiger charge is -2.16. The van der Waals surface area contributed by atoms with Crippen LogP contribution >= 0.6 is 0 Å². The molecule has 0 aromatic carbocycles. The van der Waals surface area contributed by atoms with Crippen LogP contribution in [0.2, 0.25) is 0 Å². The van der Waals surface area contributed by atoms with Gasteiger partial charge < -0.3 is 5.32 Å². The smallest absolute Gasteiger partial charge is 0.0305 e. The molecule has 1 aliphatic rings. The van der Waals surface area contributed by atoms with Crippen LogP contribution in [0.4, 0.5) is 0 Å². The van der Waals surface area contributed by atoms with Crippen molar-refractivity contribution in [1.82, 2.24) is 10.3 Å². The minimum Gasteiger partial charge on any atom is -0.316 e. The summed E-state index contributed by atoms with van der Waals surface area (Å²) >= 11 is 0. The molecule has 0 aliphatic carbocycles. The van der Waals surface area contributed by atoms with Gasteiger partial charge in [-0.1, -0.05) is 13.8 Å². The number of nitrogens with zero attached hydrogens (tertiary/aromatic N) is 1. The average Bonchev–Trinajstić information content (AvgIpc) is 2.70. The van der Waals surface area contributed by atoms with Gasteiger partial charge in [0.2, 0.25) is 0 Å². The predicted octanol–water partition coefficient (Wildman–Crippen LogP) is 2.28. The molecule has 1 saturated heterocycles. The second kappa shape index (κ2) is 4.09. The lowest BCUT2D eigenvalue weighted by molar-refractivity contribution is 0.727. The van der Waals surface area contributed by atoms with Crippen LogP contribution in [-0.2, 0) is 0 Å². The summed E-state index contributed by atoms with van der Waals surface area (Å²) in [6.45, 7) is 6.76. The molecule has 14 heavy (non-hydrogen) atoms. The number of rotatable bonds is 2. The standard InChI is InChI=1S/C12H18N2/c1-9(2)12-8-14-6-4-11(12)10-3-5-13-7-10/h4,6,8-10,13H,3,5,7H2,1-2H3. The molecule has 2 heteroatoms. The lowest BCUT2D eigenvalue weighted by atomic mass is 9.90. The van der Waals surface area contributed by atoms with Crippen LogP contribution < -0.4 is 5.32 Å². The first-order valence-corrected chi connectivity index (χ1v) is 5.43. The van der Waals surface area contributed by atoms with E-state index in [1.165, 1.54) is 17.5 Å². The van der Waals surface area contributed by atoms with Crippen molar-refractivity contribution in [3.8, 4) is 0 Å². The molecule has 1 aromatic rings. The van der Waals surface area contributed by atoms with Crippen molar-refractivity contribution >= 4 is 0 Å². The molecule has 2 heterocycles. The molecule has 1 N–H and O–H groups in total. The quantitative estimate of drug-likeness (QED) is 0.774. The summed E-state index contributed by atoms with van der Waals surface area (Å²) in [6.07, 6.45) is 5.21. The number of nitrogens with one attached hydrogen (secondary N) is 1. The fraction of sp³-hybridized carbons (Fsp3) is 0.583. The SMILES string of the molecule is CC(C)c1cnccc1C1CCNC1. The summed E-state index contributed by atoms with van der Waals surface area (Å²) in [6, 6.07) is 2.19. The molecule has 0 saturated carbocycles. The molecule has 0 amide bonds. The summed E-state index contributed by atoms with van der Waals surface area (Å²) in [5.74, 6) is 1.29. The molecular formula is C12H18N2. The van der Waals surface area contributed by atoms with Gasteiger partial charge in [-0.3, -0.25) is 4.98 Å². The molecular weight excluding hydrogens is 172 g/mol. The summed E-state index contributed by atoms with van der Waals surface area (Å²) in [5, 5.41) is 3.42. The first-order chi connectivity index (χ1) is 6.79. The Morgan fingerprint density at radius 2 is 2.36 bits per heavy atom. The van der Waals surface area contributed by atoms with E-state index in [1.54, 1.807) is 0 Å². The van der Waals surface area contributed by atoms with Gasteiger partial charge in [-0.25, -0.2) is 0 Å². The minimum atomic E-state index is 0.583. The first kappa shape index (κ1) is 9.66. The third-order valence-corrected chi connectivity index (χ3v) is 3.01. The summed E-state index contributed by atoms with van der Waals surface area (Å²) < 4.78 is 0. The molecule has 1 fully saturated rings. The topological polar surface area (TPSA) is 24.9 Å². The zero-order valence-corrected chi connectivity index (χ0v) is 8.96. The molecule has 2 rings (SSSR count). The second-order valence-electron chi connectivity index (χ2n) is 4.35. The summed E-state index contributed by atoms with van der Waals surface area (Å²) in [5.41, 5.74) is 2.92. The van der Waals surface area contributed by atoms with E-state index in [2.05, 4.69) is 30.2 Å². The van der Waals surface area contributed by atoms with E-state index in [9.17, 15) is 0 Å². The van der Waals surface area contributed by atoms with Crippen LogP contribution in [0.1, 0.15) is 43.2 Å². The van der Waals surface area contributed by atoms with Crippen LogP contribution in [0.3, 0.4) is 0 Å². The van der Waals surface area contributed by atoms with Gasteiger partial charge in [-0.15, -0.1) is 0 Å². The highest BCUT2D eigenvalue weighted by molar-refractivity contribution is 5.30. The van der Waals surface area contributed by atoms with Gasteiger partial charge in [0.05, 0.1) is 0 Å². The Labute approximate surface area is 85.7 Å². The van der Waals surface area contributed by atoms with Gasteiger partial charge in [-0.2, -0.15) is 0 Å². The van der Waals surface area contributed by atoms with Crippen LogP contribution in [0, 0.1) is 0 Å². The molecule has 0 radical (unpaired) electrons. The Balaban J connectivity index is 2.30. The Bertz CT molecular complexity index is 301. The maximum atomic E-state index is 4.22. The largest absolute Gasteiger partial charge is 0.316 e. The lowest BCUT2D eigenvalue weighted by Crippen LogP contribution is -2.10. The van der Waals surface area contributed by atoms with Gasteiger partial charge >= 0.3 is 0 Å². The van der Waals surface area contributed by atoms with E-state index >= 15 is 0 Å². The van der Waals surface area contributed by atoms with E-state index in [1.807, 2.05) is 12.4 Å². The van der Waals surface area contributed by atoms with Crippen molar-refractivity contribution in [1.29, 1.82) is 0 Å². The van der Waals surface area contributed by atoms with Crippen LogP contribution in [-0.4, -0.2) is 18.1 Å². The first-order valence-electron chi connectivity index (χ1n) is 5.43. The molecule has 1 aliphatic heterocycles. The van der Waals surface area contributed by atoms with Crippen molar-refractivity contribution in [2.45, 2.75) is 32.1 Å². The van der Waals surface area contributed by atoms with E-state index in [0.717, 1.165) is 13.1 Å². The third kappa shape index (κ3) is 1.80. The number of pyridine rings is 1. The van der Waals surface area contributed by atoms with Crippen LogP contribution in [0.15, 0.2) is 18.5 Å². The number of hydrogen-bond donors (Lipinski definition) is 1. The molecule has 76 valence electrons. The minimum absolute atomic E-state index is 0.583. The fourth-order valence-electron chi connectivity index (χ4n) is 2.19. The third-order valence-electron chi connectivity index (χ3n) is 3.01. The molecule has 2 nitrogen and oxygen atoms in total. The maximum absolute atomic E-state index is 4.22. The zero-order valence-electron chi connectivity index (χ0n) is 8.96. The van der Waals surface area contributed by atoms with Crippen molar-refractivity contribution < 1.29 is 0 Å². The molecule has 1 unspecified atom stereocenters. The van der Waals surface area contributed by atoms with Crippen molar-refractivity contribution in [3.63, 3.8) is 0 Å². The van der Waals surface area contributed by atoms with Gasteiger partial charge in [0, 0.05) is 18.9 Å². The van der Waals surface area contributed by atoms with Crippen LogP contribution in [0.25, 0.3) is 0 Å². The average molecular weight is 190 g/mol.